The molecule has 18 unspecified atom stereocenters. The Labute approximate surface area is 632 Å². The van der Waals surface area contributed by atoms with E-state index in [0.29, 0.717) is 12.8 Å². The van der Waals surface area contributed by atoms with E-state index in [0.717, 1.165) is 51.9 Å². The van der Waals surface area contributed by atoms with Crippen LogP contribution in [0.1, 0.15) is 355 Å². The average Bonchev–Trinajstić information content (AvgIpc) is 0.741. The van der Waals surface area contributed by atoms with Crippen LogP contribution in [0.5, 0.6) is 0 Å². The number of allylic oxidation sites excluding steroid dienone is 1. The van der Waals surface area contributed by atoms with Gasteiger partial charge < -0.3 is 100 Å². The molecule has 0 aromatic rings. The largest absolute Gasteiger partial charge is 0.477 e. The van der Waals surface area contributed by atoms with E-state index in [9.17, 15) is 75.7 Å². The van der Waals surface area contributed by atoms with Gasteiger partial charge >= 0.3 is 5.97 Å². The SMILES string of the molecule is CCCCCCCCCCCCCCCC/C=C/C(O)C(COC1OC(CO)C(OC2OC(CO)C(O)C(OC3(C(=O)O)CC(O)C(NC(C)=O)C(C(O)C(O)CO)O3)C2O)C(O)C1O)NC(=O)CCCCCCCCCCCCCCCCCCCCCCCCCCCCCCCCCCCCC. The molecule has 23 heteroatoms. The lowest BCUT2D eigenvalue weighted by Crippen LogP contribution is -2.70. The van der Waals surface area contributed by atoms with Crippen molar-refractivity contribution < 1.29 is 104 Å². The van der Waals surface area contributed by atoms with Gasteiger partial charge in [-0.15, -0.1) is 0 Å². The molecule has 0 aliphatic carbocycles. The highest BCUT2D eigenvalue weighted by Gasteiger charge is 2.60. The van der Waals surface area contributed by atoms with Crippen LogP contribution in [0.4, 0.5) is 0 Å². The highest BCUT2D eigenvalue weighted by atomic mass is 16.8. The molecule has 0 spiro atoms. The van der Waals surface area contributed by atoms with Gasteiger partial charge in [0.2, 0.25) is 11.8 Å². The Morgan fingerprint density at radius 3 is 1.27 bits per heavy atom. The second-order valence-corrected chi connectivity index (χ2v) is 31.1. The summed E-state index contributed by atoms with van der Waals surface area (Å²) < 4.78 is 34.9. The van der Waals surface area contributed by atoms with Crippen LogP contribution in [0.15, 0.2) is 12.2 Å². The van der Waals surface area contributed by atoms with Gasteiger partial charge in [-0.25, -0.2) is 4.79 Å². The third-order valence-electron chi connectivity index (χ3n) is 21.7. The molecule has 3 aliphatic heterocycles. The number of unbranched alkanes of at least 4 members (excludes halogenated alkanes) is 48. The molecule has 3 saturated heterocycles. The zero-order chi connectivity index (χ0) is 76.7. The van der Waals surface area contributed by atoms with Crippen LogP contribution in [-0.2, 0) is 42.8 Å². The van der Waals surface area contributed by atoms with Crippen molar-refractivity contribution in [2.45, 2.75) is 464 Å². The quantitative estimate of drug-likeness (QED) is 0.0199. The normalized spacial score (nSPS) is 26.2. The number of carboxylic acids is 1. The van der Waals surface area contributed by atoms with Crippen LogP contribution in [-0.4, -0.2) is 215 Å². The Morgan fingerprint density at radius 2 is 0.886 bits per heavy atom. The van der Waals surface area contributed by atoms with E-state index in [1.54, 1.807) is 6.08 Å². The van der Waals surface area contributed by atoms with Crippen LogP contribution in [0.3, 0.4) is 0 Å². The minimum absolute atomic E-state index is 0.206. The molecule has 2 amide bonds. The van der Waals surface area contributed by atoms with Crippen molar-refractivity contribution >= 4 is 17.8 Å². The topological polar surface area (TPSA) is 373 Å². The zero-order valence-corrected chi connectivity index (χ0v) is 65.6. The van der Waals surface area contributed by atoms with Crippen molar-refractivity contribution in [2.24, 2.45) is 0 Å². The molecule has 3 aliphatic rings. The Hall–Kier alpha value is -2.53. The first-order valence-corrected chi connectivity index (χ1v) is 42.6. The fourth-order valence-corrected chi connectivity index (χ4v) is 15.0. The zero-order valence-electron chi connectivity index (χ0n) is 65.6. The Bertz CT molecular complexity index is 2140. The molecule has 3 rings (SSSR count). The maximum Gasteiger partial charge on any atom is 0.364 e. The van der Waals surface area contributed by atoms with Crippen molar-refractivity contribution in [1.29, 1.82) is 0 Å². The van der Waals surface area contributed by atoms with E-state index >= 15 is 0 Å². The van der Waals surface area contributed by atoms with Crippen LogP contribution in [0, 0.1) is 0 Å². The molecule has 14 N–H and O–H groups in total. The summed E-state index contributed by atoms with van der Waals surface area (Å²) in [4.78, 5) is 38.7. The second kappa shape index (κ2) is 61.1. The summed E-state index contributed by atoms with van der Waals surface area (Å²) in [5.74, 6) is -6.13. The summed E-state index contributed by atoms with van der Waals surface area (Å²) in [5, 5.41) is 136. The predicted octanol–water partition coefficient (Wildman–Crippen LogP) is 12.1. The molecule has 105 heavy (non-hydrogen) atoms. The molecular weight excluding hydrogens is 1350 g/mol. The fraction of sp³-hybridized carbons (Fsp3) is 0.939. The number of carbonyl (C=O) groups is 3. The minimum Gasteiger partial charge on any atom is -0.477 e. The number of aliphatic hydroxyl groups is 11. The van der Waals surface area contributed by atoms with Gasteiger partial charge in [-0.2, -0.15) is 0 Å². The van der Waals surface area contributed by atoms with E-state index < -0.39 is 155 Å². The van der Waals surface area contributed by atoms with Crippen molar-refractivity contribution in [3.63, 3.8) is 0 Å². The van der Waals surface area contributed by atoms with Gasteiger partial charge in [0.25, 0.3) is 5.79 Å². The van der Waals surface area contributed by atoms with E-state index in [1.807, 2.05) is 6.08 Å². The van der Waals surface area contributed by atoms with Crippen molar-refractivity contribution in [1.82, 2.24) is 10.6 Å². The van der Waals surface area contributed by atoms with Crippen LogP contribution >= 0.6 is 0 Å². The highest BCUT2D eigenvalue weighted by Crippen LogP contribution is 2.39. The summed E-state index contributed by atoms with van der Waals surface area (Å²) in [5.41, 5.74) is 0. The standard InChI is InChI=1S/C82H154N2O21/c1-4-6-8-10-12-14-16-18-20-22-23-24-25-26-27-28-29-30-31-32-33-34-35-36-37-38-39-40-42-44-46-48-50-52-54-56-69(92)84-63(64(89)55-53-51-49-47-45-43-41-21-19-17-15-13-11-9-7-5-2)61-100-79-74(96)73(95)76(68(60-87)102-79)103-80-75(97)78(72(94)67(59-86)101-80)105-82(81(98)99)57-65(90)70(83-62(3)88)77(104-82)71(93)66(91)58-85/h53,55,63-68,70-80,85-87,89-91,93-97H,4-52,54,56-61H2,1-3H3,(H,83,88)(H,84,92)(H,98,99)/b55-53+. The lowest BCUT2D eigenvalue weighted by Gasteiger charge is -2.50. The van der Waals surface area contributed by atoms with E-state index in [4.69, 9.17) is 28.4 Å². The molecule has 0 aromatic carbocycles. The molecule has 3 heterocycles. The van der Waals surface area contributed by atoms with Crippen molar-refractivity contribution in [3.05, 3.63) is 12.2 Å². The Balaban J connectivity index is 1.43. The Morgan fingerprint density at radius 1 is 0.495 bits per heavy atom. The smallest absolute Gasteiger partial charge is 0.364 e. The monoisotopic (exact) mass is 1500 g/mol. The van der Waals surface area contributed by atoms with E-state index in [2.05, 4.69) is 24.5 Å². The number of hydrogen-bond donors (Lipinski definition) is 14. The summed E-state index contributed by atoms with van der Waals surface area (Å²) in [6.45, 7) is 2.19. The maximum atomic E-state index is 13.5. The molecule has 0 radical (unpaired) electrons. The molecule has 0 aromatic heterocycles. The van der Waals surface area contributed by atoms with Crippen LogP contribution in [0.25, 0.3) is 0 Å². The molecule has 0 bridgehead atoms. The fourth-order valence-electron chi connectivity index (χ4n) is 15.0. The van der Waals surface area contributed by atoms with E-state index in [-0.39, 0.29) is 12.3 Å². The first-order valence-electron chi connectivity index (χ1n) is 42.6. The molecule has 618 valence electrons. The van der Waals surface area contributed by atoms with Crippen LogP contribution in [0.2, 0.25) is 0 Å². The number of aliphatic carboxylic acids is 1. The molecule has 23 nitrogen and oxygen atoms in total. The highest BCUT2D eigenvalue weighted by molar-refractivity contribution is 5.77. The predicted molar refractivity (Wildman–Crippen MR) is 408 cm³/mol. The van der Waals surface area contributed by atoms with Gasteiger partial charge in [-0.1, -0.05) is 328 Å². The van der Waals surface area contributed by atoms with Crippen LogP contribution < -0.4 is 10.6 Å². The number of rotatable bonds is 68. The van der Waals surface area contributed by atoms with E-state index in [1.165, 1.54) is 263 Å². The molecule has 18 atom stereocenters. The van der Waals surface area contributed by atoms with Gasteiger partial charge in [-0.3, -0.25) is 9.59 Å². The first kappa shape index (κ1) is 96.7. The minimum atomic E-state index is -3.08. The average molecular weight is 1500 g/mol. The summed E-state index contributed by atoms with van der Waals surface area (Å²) in [6, 6.07) is -2.62. The number of carbonyl (C=O) groups excluding carboxylic acids is 2. The maximum absolute atomic E-state index is 13.5. The summed E-state index contributed by atoms with van der Waals surface area (Å²) >= 11 is 0. The third-order valence-corrected chi connectivity index (χ3v) is 21.7. The molecular formula is C82H154N2O21. The summed E-state index contributed by atoms with van der Waals surface area (Å²) in [6.07, 6.45) is 38.5. The second-order valence-electron chi connectivity index (χ2n) is 31.1. The first-order chi connectivity index (χ1) is 50.9. The van der Waals surface area contributed by atoms with Crippen molar-refractivity contribution in [2.75, 3.05) is 26.4 Å². The third kappa shape index (κ3) is 41.0. The Kier molecular flexibility index (Phi) is 56.3. The number of nitrogens with one attached hydrogen (secondary N) is 2. The lowest BCUT2D eigenvalue weighted by molar-refractivity contribution is -0.386. The number of ether oxygens (including phenoxy) is 6. The number of carboxylic acid groups (broad SMARTS) is 1. The summed E-state index contributed by atoms with van der Waals surface area (Å²) in [7, 11) is 0. The number of hydrogen-bond acceptors (Lipinski definition) is 20. The van der Waals surface area contributed by atoms with Gasteiger partial charge in [0.05, 0.1) is 50.7 Å². The van der Waals surface area contributed by atoms with Gasteiger partial charge in [0, 0.05) is 19.8 Å². The van der Waals surface area contributed by atoms with Gasteiger partial charge in [-0.05, 0) is 19.3 Å². The number of aliphatic hydroxyl groups excluding tert-OH is 11. The van der Waals surface area contributed by atoms with Gasteiger partial charge in [0.15, 0.2) is 12.6 Å². The lowest BCUT2D eigenvalue weighted by atomic mass is 9.88. The van der Waals surface area contributed by atoms with Crippen molar-refractivity contribution in [3.8, 4) is 0 Å². The van der Waals surface area contributed by atoms with Gasteiger partial charge in [0.1, 0.15) is 67.1 Å². The number of amides is 2. The molecule has 3 fully saturated rings. The molecule has 0 saturated carbocycles.